The summed E-state index contributed by atoms with van der Waals surface area (Å²) in [7, 11) is 1.26. The van der Waals surface area contributed by atoms with Gasteiger partial charge in [-0.15, -0.1) is 0 Å². The molecule has 1 aliphatic rings. The van der Waals surface area contributed by atoms with E-state index in [1.807, 2.05) is 37.3 Å². The summed E-state index contributed by atoms with van der Waals surface area (Å²) in [6, 6.07) is 13.0. The first-order chi connectivity index (χ1) is 17.9. The van der Waals surface area contributed by atoms with Crippen molar-refractivity contribution in [1.29, 1.82) is 0 Å². The van der Waals surface area contributed by atoms with Crippen molar-refractivity contribution in [3.63, 3.8) is 0 Å². The Morgan fingerprint density at radius 1 is 0.974 bits per heavy atom. The van der Waals surface area contributed by atoms with Crippen LogP contribution < -0.4 is 14.2 Å². The fraction of sp³-hybridized carbons (Fsp3) is 0.533. The fourth-order valence-corrected chi connectivity index (χ4v) is 5.11. The van der Waals surface area contributed by atoms with Crippen molar-refractivity contribution < 1.29 is 33.2 Å². The van der Waals surface area contributed by atoms with Gasteiger partial charge in [0.1, 0.15) is 23.9 Å². The lowest BCUT2D eigenvalue weighted by atomic mass is 9.64. The molecule has 2 unspecified atom stereocenters. The van der Waals surface area contributed by atoms with E-state index in [0.29, 0.717) is 35.8 Å². The second kappa shape index (κ2) is 12.1. The van der Waals surface area contributed by atoms with Gasteiger partial charge in [0, 0.05) is 38.9 Å². The smallest absolute Gasteiger partial charge is 0.192 e. The fourth-order valence-electron chi connectivity index (χ4n) is 4.07. The highest BCUT2D eigenvalue weighted by atomic mass is 28.4. The Morgan fingerprint density at radius 3 is 2.18 bits per heavy atom. The number of benzene rings is 2. The van der Waals surface area contributed by atoms with Gasteiger partial charge in [-0.3, -0.25) is 0 Å². The third-order valence-electron chi connectivity index (χ3n) is 7.60. The highest BCUT2D eigenvalue weighted by molar-refractivity contribution is 6.74. The topological polar surface area (TPSA) is 75.6 Å². The van der Waals surface area contributed by atoms with Crippen LogP contribution in [0.5, 0.6) is 17.2 Å². The third kappa shape index (κ3) is 6.36. The van der Waals surface area contributed by atoms with E-state index in [2.05, 4.69) is 45.7 Å². The number of rotatable bonds is 10. The summed E-state index contributed by atoms with van der Waals surface area (Å²) in [5.41, 5.74) is -0.913. The average Bonchev–Trinajstić information content (AvgIpc) is 2.88. The van der Waals surface area contributed by atoms with Gasteiger partial charge < -0.3 is 33.2 Å². The van der Waals surface area contributed by atoms with E-state index in [-0.39, 0.29) is 25.2 Å². The van der Waals surface area contributed by atoms with Crippen molar-refractivity contribution in [2.45, 2.75) is 63.3 Å². The van der Waals surface area contributed by atoms with Crippen LogP contribution in [0.25, 0.3) is 0 Å². The van der Waals surface area contributed by atoms with E-state index in [0.717, 1.165) is 5.56 Å². The molecule has 2 aromatic rings. The largest absolute Gasteiger partial charge is 0.492 e. The summed E-state index contributed by atoms with van der Waals surface area (Å²) in [6.07, 6.45) is 0.514. The number of hydrogen-bond donors (Lipinski definition) is 1. The van der Waals surface area contributed by atoms with Crippen LogP contribution in [0.15, 0.2) is 42.5 Å². The van der Waals surface area contributed by atoms with Crippen molar-refractivity contribution in [3.05, 3.63) is 53.6 Å². The SMILES string of the molecule is COCOc1ccc(C2(C)COc3cc(OCOC)ccc3C2(O)C#CCCO[Si](C)(C)C(C)(C)C)cc1. The standard InChI is InChI=1S/C30H42O7Si/c1-28(2,3)38(7,8)37-18-10-9-17-30(31)26-16-15-25(36-22-33-6)19-27(26)34-20-29(30,4)23-11-13-24(14-12-23)35-21-32-5/h11-16,19,31H,10,18,20-22H2,1-8H3. The number of fused-ring (bicyclic) bond motifs is 1. The Labute approximate surface area is 228 Å². The molecular formula is C30H42O7Si. The van der Waals surface area contributed by atoms with Crippen molar-refractivity contribution >= 4 is 8.32 Å². The monoisotopic (exact) mass is 542 g/mol. The van der Waals surface area contributed by atoms with Crippen molar-refractivity contribution in [2.24, 2.45) is 0 Å². The van der Waals surface area contributed by atoms with Crippen molar-refractivity contribution in [1.82, 2.24) is 0 Å². The first-order valence-corrected chi connectivity index (χ1v) is 15.8. The van der Waals surface area contributed by atoms with Gasteiger partial charge in [0.15, 0.2) is 27.5 Å². The molecule has 7 nitrogen and oxygen atoms in total. The minimum atomic E-state index is -1.88. The number of hydrogen-bond acceptors (Lipinski definition) is 7. The highest BCUT2D eigenvalue weighted by Crippen LogP contribution is 2.50. The Kier molecular flexibility index (Phi) is 9.55. The molecule has 208 valence electrons. The number of methoxy groups -OCH3 is 2. The molecule has 0 aromatic heterocycles. The summed E-state index contributed by atoms with van der Waals surface area (Å²) in [5, 5.41) is 12.5. The van der Waals surface area contributed by atoms with Crippen LogP contribution in [0.4, 0.5) is 0 Å². The molecule has 2 atom stereocenters. The zero-order chi connectivity index (χ0) is 28.0. The van der Waals surface area contributed by atoms with E-state index in [1.165, 1.54) is 0 Å². The second-order valence-electron chi connectivity index (χ2n) is 11.3. The number of aliphatic hydroxyl groups is 1. The van der Waals surface area contributed by atoms with Gasteiger partial charge in [-0.25, -0.2) is 0 Å². The van der Waals surface area contributed by atoms with E-state index in [9.17, 15) is 5.11 Å². The molecule has 0 aliphatic carbocycles. The molecule has 0 bridgehead atoms. The van der Waals surface area contributed by atoms with Crippen LogP contribution in [0.2, 0.25) is 18.1 Å². The molecule has 0 amide bonds. The molecule has 8 heteroatoms. The Hall–Kier alpha value is -2.54. The lowest BCUT2D eigenvalue weighted by Gasteiger charge is -2.46. The van der Waals surface area contributed by atoms with E-state index >= 15 is 0 Å². The van der Waals surface area contributed by atoms with Crippen molar-refractivity contribution in [3.8, 4) is 29.1 Å². The summed E-state index contributed by atoms with van der Waals surface area (Å²) < 4.78 is 33.6. The molecule has 38 heavy (non-hydrogen) atoms. The Bertz CT molecular complexity index is 1130. The van der Waals surface area contributed by atoms with Crippen LogP contribution in [0.3, 0.4) is 0 Å². The second-order valence-corrected chi connectivity index (χ2v) is 16.1. The van der Waals surface area contributed by atoms with Crippen LogP contribution >= 0.6 is 0 Å². The average molecular weight is 543 g/mol. The lowest BCUT2D eigenvalue weighted by Crippen LogP contribution is -2.53. The molecule has 1 N–H and O–H groups in total. The summed E-state index contributed by atoms with van der Waals surface area (Å²) in [6.45, 7) is 14.1. The van der Waals surface area contributed by atoms with Gasteiger partial charge in [0.25, 0.3) is 0 Å². The van der Waals surface area contributed by atoms with Gasteiger partial charge in [-0.2, -0.15) is 0 Å². The first-order valence-electron chi connectivity index (χ1n) is 12.9. The van der Waals surface area contributed by atoms with Crippen LogP contribution in [-0.4, -0.2) is 54.4 Å². The quantitative estimate of drug-likeness (QED) is 0.181. The third-order valence-corrected chi connectivity index (χ3v) is 12.1. The molecular weight excluding hydrogens is 500 g/mol. The molecule has 0 spiro atoms. The van der Waals surface area contributed by atoms with Crippen LogP contribution in [-0.2, 0) is 24.9 Å². The molecule has 0 fully saturated rings. The zero-order valence-electron chi connectivity index (χ0n) is 24.0. The van der Waals surface area contributed by atoms with Crippen LogP contribution in [0.1, 0.15) is 45.2 Å². The van der Waals surface area contributed by atoms with E-state index < -0.39 is 19.3 Å². The van der Waals surface area contributed by atoms with Gasteiger partial charge >= 0.3 is 0 Å². The molecule has 0 radical (unpaired) electrons. The lowest BCUT2D eigenvalue weighted by molar-refractivity contribution is -0.0274. The van der Waals surface area contributed by atoms with Gasteiger partial charge in [-0.05, 0) is 54.9 Å². The minimum absolute atomic E-state index is 0.117. The molecule has 2 aromatic carbocycles. The van der Waals surface area contributed by atoms with Gasteiger partial charge in [-0.1, -0.05) is 44.7 Å². The first kappa shape index (κ1) is 30.0. The predicted molar refractivity (Wildman–Crippen MR) is 150 cm³/mol. The van der Waals surface area contributed by atoms with Crippen LogP contribution in [0, 0.1) is 11.8 Å². The summed E-state index contributed by atoms with van der Waals surface area (Å²) in [4.78, 5) is 0. The van der Waals surface area contributed by atoms with Crippen molar-refractivity contribution in [2.75, 3.05) is 41.0 Å². The van der Waals surface area contributed by atoms with E-state index in [1.54, 1.807) is 26.4 Å². The summed E-state index contributed by atoms with van der Waals surface area (Å²) >= 11 is 0. The molecule has 1 aliphatic heterocycles. The predicted octanol–water partition coefficient (Wildman–Crippen LogP) is 5.61. The maximum Gasteiger partial charge on any atom is 0.192 e. The summed E-state index contributed by atoms with van der Waals surface area (Å²) in [5.74, 6) is 8.24. The molecule has 3 rings (SSSR count). The maximum absolute atomic E-state index is 12.4. The number of ether oxygens (including phenoxy) is 5. The Balaban J connectivity index is 1.95. The van der Waals surface area contributed by atoms with Gasteiger partial charge in [0.2, 0.25) is 0 Å². The molecule has 0 saturated carbocycles. The molecule has 0 saturated heterocycles. The minimum Gasteiger partial charge on any atom is -0.492 e. The highest BCUT2D eigenvalue weighted by Gasteiger charge is 2.53. The van der Waals surface area contributed by atoms with Gasteiger partial charge in [0.05, 0.1) is 5.41 Å². The molecule has 1 heterocycles. The maximum atomic E-state index is 12.4. The Morgan fingerprint density at radius 2 is 1.58 bits per heavy atom. The van der Waals surface area contributed by atoms with E-state index in [4.69, 9.17) is 28.1 Å². The zero-order valence-corrected chi connectivity index (χ0v) is 25.0. The normalized spacial score (nSPS) is 21.1.